The zero-order chi connectivity index (χ0) is 11.2. The Morgan fingerprint density at radius 3 is 2.36 bits per heavy atom. The van der Waals surface area contributed by atoms with Crippen LogP contribution < -0.4 is 10.6 Å². The number of aliphatic hydroxyl groups is 1. The minimum absolute atomic E-state index is 0.0921. The smallest absolute Gasteiger partial charge is 0.314 e. The predicted octanol–water partition coefficient (Wildman–Crippen LogP) is -0.469. The first kappa shape index (κ1) is 12.7. The largest absolute Gasteiger partial charge is 0.481 e. The van der Waals surface area contributed by atoms with Gasteiger partial charge in [0.1, 0.15) is 0 Å². The molecular weight excluding hydrogens is 188 g/mol. The van der Waals surface area contributed by atoms with Gasteiger partial charge in [-0.1, -0.05) is 0 Å². The van der Waals surface area contributed by atoms with Gasteiger partial charge >= 0.3 is 12.0 Å². The highest BCUT2D eigenvalue weighted by Gasteiger charge is 2.24. The Kier molecular flexibility index (Phi) is 4.93. The van der Waals surface area contributed by atoms with Gasteiger partial charge in [-0.25, -0.2) is 4.79 Å². The summed E-state index contributed by atoms with van der Waals surface area (Å²) in [5, 5.41) is 22.7. The third-order valence-corrected chi connectivity index (χ3v) is 1.50. The highest BCUT2D eigenvalue weighted by atomic mass is 16.4. The number of carboxylic acid groups (broad SMARTS) is 1. The normalized spacial score (nSPS) is 14.2. The molecule has 0 radical (unpaired) electrons. The molecule has 14 heavy (non-hydrogen) atoms. The van der Waals surface area contributed by atoms with E-state index in [0.29, 0.717) is 6.54 Å². The van der Waals surface area contributed by atoms with E-state index in [4.69, 9.17) is 5.11 Å². The van der Waals surface area contributed by atoms with E-state index in [1.54, 1.807) is 6.92 Å². The second-order valence-corrected chi connectivity index (χ2v) is 3.28. The van der Waals surface area contributed by atoms with Crippen LogP contribution in [0.3, 0.4) is 0 Å². The van der Waals surface area contributed by atoms with Crippen LogP contribution in [0, 0.1) is 0 Å². The van der Waals surface area contributed by atoms with Crippen LogP contribution in [-0.4, -0.2) is 40.9 Å². The van der Waals surface area contributed by atoms with Crippen molar-refractivity contribution in [1.29, 1.82) is 0 Å². The maximum absolute atomic E-state index is 10.9. The summed E-state index contributed by atoms with van der Waals surface area (Å²) >= 11 is 0. The quantitative estimate of drug-likeness (QED) is 0.486. The topological polar surface area (TPSA) is 98.7 Å². The summed E-state index contributed by atoms with van der Waals surface area (Å²) in [6, 6.07) is -0.418. The molecule has 0 aromatic rings. The Morgan fingerprint density at radius 2 is 1.93 bits per heavy atom. The molecule has 0 aromatic heterocycles. The van der Waals surface area contributed by atoms with Gasteiger partial charge in [0.2, 0.25) is 0 Å². The fourth-order valence-electron chi connectivity index (χ4n) is 0.882. The molecule has 82 valence electrons. The number of hydrogen-bond acceptors (Lipinski definition) is 3. The summed E-state index contributed by atoms with van der Waals surface area (Å²) < 4.78 is 0. The van der Waals surface area contributed by atoms with Gasteiger partial charge in [0, 0.05) is 13.1 Å². The van der Waals surface area contributed by atoms with Crippen molar-refractivity contribution in [1.82, 2.24) is 10.6 Å². The van der Waals surface area contributed by atoms with E-state index < -0.39 is 24.0 Å². The molecular formula is C8H16N2O4. The Labute approximate surface area is 82.3 Å². The molecule has 0 heterocycles. The van der Waals surface area contributed by atoms with Crippen molar-refractivity contribution in [3.8, 4) is 0 Å². The van der Waals surface area contributed by atoms with Crippen LogP contribution in [0.15, 0.2) is 0 Å². The highest BCUT2D eigenvalue weighted by molar-refractivity contribution is 5.74. The van der Waals surface area contributed by atoms with Crippen molar-refractivity contribution in [2.45, 2.75) is 25.9 Å². The summed E-state index contributed by atoms with van der Waals surface area (Å²) in [6.45, 7) is 3.50. The van der Waals surface area contributed by atoms with E-state index in [1.807, 2.05) is 0 Å². The maximum atomic E-state index is 10.9. The van der Waals surface area contributed by atoms with Crippen LogP contribution in [0.25, 0.3) is 0 Å². The zero-order valence-corrected chi connectivity index (χ0v) is 8.33. The summed E-state index contributed by atoms with van der Waals surface area (Å²) in [5.41, 5.74) is -1.42. The van der Waals surface area contributed by atoms with Crippen LogP contribution in [-0.2, 0) is 4.79 Å². The molecule has 6 nitrogen and oxygen atoms in total. The van der Waals surface area contributed by atoms with Crippen LogP contribution in [0.2, 0.25) is 0 Å². The fourth-order valence-corrected chi connectivity index (χ4v) is 0.882. The number of aliphatic carboxylic acids is 1. The molecule has 0 rings (SSSR count). The van der Waals surface area contributed by atoms with Crippen molar-refractivity contribution in [3.63, 3.8) is 0 Å². The molecule has 0 bridgehead atoms. The number of carbonyl (C=O) groups is 2. The van der Waals surface area contributed by atoms with Crippen molar-refractivity contribution >= 4 is 12.0 Å². The van der Waals surface area contributed by atoms with Gasteiger partial charge in [-0.2, -0.15) is 0 Å². The molecule has 0 aliphatic carbocycles. The van der Waals surface area contributed by atoms with Crippen molar-refractivity contribution in [2.75, 3.05) is 13.1 Å². The molecule has 2 amide bonds. The van der Waals surface area contributed by atoms with Gasteiger partial charge in [0.25, 0.3) is 0 Å². The minimum atomic E-state index is -1.42. The molecule has 0 aromatic carbocycles. The molecule has 0 spiro atoms. The summed E-state index contributed by atoms with van der Waals surface area (Å²) in [6.07, 6.45) is -0.403. The lowest BCUT2D eigenvalue weighted by atomic mass is 10.0. The Hall–Kier alpha value is -1.30. The predicted molar refractivity (Wildman–Crippen MR) is 50.0 cm³/mol. The first-order chi connectivity index (χ1) is 6.37. The molecule has 0 aliphatic heterocycles. The van der Waals surface area contributed by atoms with Crippen molar-refractivity contribution < 1.29 is 19.8 Å². The van der Waals surface area contributed by atoms with Gasteiger partial charge in [-0.3, -0.25) is 4.79 Å². The number of carboxylic acids is 1. The second-order valence-electron chi connectivity index (χ2n) is 3.28. The minimum Gasteiger partial charge on any atom is -0.481 e. The first-order valence-electron chi connectivity index (χ1n) is 4.33. The second kappa shape index (κ2) is 5.43. The van der Waals surface area contributed by atoms with Gasteiger partial charge < -0.3 is 20.8 Å². The molecule has 4 N–H and O–H groups in total. The van der Waals surface area contributed by atoms with Crippen molar-refractivity contribution in [2.24, 2.45) is 0 Å². The van der Waals surface area contributed by atoms with Crippen LogP contribution in [0.1, 0.15) is 20.3 Å². The molecule has 1 unspecified atom stereocenters. The Bertz CT molecular complexity index is 215. The number of hydrogen-bond donors (Lipinski definition) is 4. The maximum Gasteiger partial charge on any atom is 0.314 e. The SMILES string of the molecule is CCNC(=O)NCC(C)(O)CC(=O)O. The Balaban J connectivity index is 3.86. The van der Waals surface area contributed by atoms with Gasteiger partial charge in [-0.05, 0) is 13.8 Å². The molecule has 0 fully saturated rings. The summed E-state index contributed by atoms with van der Waals surface area (Å²) in [5.74, 6) is -1.10. The highest BCUT2D eigenvalue weighted by Crippen LogP contribution is 2.06. The zero-order valence-electron chi connectivity index (χ0n) is 8.33. The molecule has 0 aliphatic rings. The molecule has 1 atom stereocenters. The van der Waals surface area contributed by atoms with Gasteiger partial charge in [-0.15, -0.1) is 0 Å². The van der Waals surface area contributed by atoms with Crippen LogP contribution in [0.4, 0.5) is 4.79 Å². The lowest BCUT2D eigenvalue weighted by Gasteiger charge is -2.21. The fraction of sp³-hybridized carbons (Fsp3) is 0.750. The third kappa shape index (κ3) is 6.24. The van der Waals surface area contributed by atoms with Gasteiger partial charge in [0.15, 0.2) is 0 Å². The Morgan fingerprint density at radius 1 is 1.36 bits per heavy atom. The standard InChI is InChI=1S/C8H16N2O4/c1-3-9-7(13)10-5-8(2,14)4-6(11)12/h14H,3-5H2,1-2H3,(H,11,12)(H2,9,10,13). The van der Waals surface area contributed by atoms with Crippen molar-refractivity contribution in [3.05, 3.63) is 0 Å². The monoisotopic (exact) mass is 204 g/mol. The average Bonchev–Trinajstić information content (AvgIpc) is 1.99. The average molecular weight is 204 g/mol. The number of rotatable bonds is 5. The van der Waals surface area contributed by atoms with E-state index >= 15 is 0 Å². The number of urea groups is 1. The lowest BCUT2D eigenvalue weighted by molar-refractivity contribution is -0.141. The van der Waals surface area contributed by atoms with E-state index in [9.17, 15) is 14.7 Å². The molecule has 0 saturated heterocycles. The van der Waals surface area contributed by atoms with Crippen LogP contribution >= 0.6 is 0 Å². The molecule has 0 saturated carbocycles. The van der Waals surface area contributed by atoms with E-state index in [0.717, 1.165) is 0 Å². The van der Waals surface area contributed by atoms with Gasteiger partial charge in [0.05, 0.1) is 12.0 Å². The summed E-state index contributed by atoms with van der Waals surface area (Å²) in [7, 11) is 0. The van der Waals surface area contributed by atoms with Crippen LogP contribution in [0.5, 0.6) is 0 Å². The van der Waals surface area contributed by atoms with E-state index in [1.165, 1.54) is 6.92 Å². The number of amides is 2. The lowest BCUT2D eigenvalue weighted by Crippen LogP contribution is -2.45. The third-order valence-electron chi connectivity index (χ3n) is 1.50. The summed E-state index contributed by atoms with van der Waals surface area (Å²) in [4.78, 5) is 21.2. The van der Waals surface area contributed by atoms with E-state index in [-0.39, 0.29) is 6.54 Å². The van der Waals surface area contributed by atoms with E-state index in [2.05, 4.69) is 10.6 Å². The number of carbonyl (C=O) groups excluding carboxylic acids is 1. The molecule has 6 heteroatoms. The first-order valence-corrected chi connectivity index (χ1v) is 4.33. The number of nitrogens with one attached hydrogen (secondary N) is 2.